The second-order valence-corrected chi connectivity index (χ2v) is 7.87. The molecule has 0 aromatic heterocycles. The van der Waals surface area contributed by atoms with Gasteiger partial charge in [-0.3, -0.25) is 9.69 Å². The largest absolute Gasteiger partial charge is 0.359 e. The summed E-state index contributed by atoms with van der Waals surface area (Å²) < 4.78 is 13.9. The number of nitrogens with one attached hydrogen (secondary N) is 1. The maximum atomic E-state index is 13.9. The number of hydrogen-bond donors (Lipinski definition) is 1. The second-order valence-electron chi connectivity index (χ2n) is 7.87. The smallest absolute Gasteiger partial charge is 0.223 e. The lowest BCUT2D eigenvalue weighted by Crippen LogP contribution is -2.49. The normalized spacial score (nSPS) is 45.5. The molecule has 0 radical (unpaired) electrons. The molecule has 0 aromatic rings. The van der Waals surface area contributed by atoms with E-state index in [1.807, 2.05) is 0 Å². The first-order valence-electron chi connectivity index (χ1n) is 7.35. The highest BCUT2D eigenvalue weighted by Crippen LogP contribution is 2.67. The molecular weight excluding hydrogens is 243 g/mol. The molecule has 3 rings (SSSR count). The Morgan fingerprint density at radius 3 is 2.58 bits per heavy atom. The molecular formula is C15H25FN2O. The first-order chi connectivity index (χ1) is 8.74. The molecule has 1 amide bonds. The molecule has 1 aliphatic carbocycles. The number of fused-ring (bicyclic) bond motifs is 1. The van der Waals surface area contributed by atoms with Gasteiger partial charge >= 0.3 is 0 Å². The molecule has 1 N–H and O–H groups in total. The number of amides is 1. The lowest BCUT2D eigenvalue weighted by molar-refractivity contribution is -0.122. The zero-order valence-corrected chi connectivity index (χ0v) is 12.4. The van der Waals surface area contributed by atoms with Gasteiger partial charge in [-0.2, -0.15) is 0 Å². The van der Waals surface area contributed by atoms with E-state index in [-0.39, 0.29) is 28.2 Å². The van der Waals surface area contributed by atoms with Crippen LogP contribution in [0, 0.1) is 16.7 Å². The summed E-state index contributed by atoms with van der Waals surface area (Å²) in [5, 5.41) is 2.77. The van der Waals surface area contributed by atoms with Gasteiger partial charge in [-0.1, -0.05) is 20.8 Å². The van der Waals surface area contributed by atoms with Gasteiger partial charge in [0.2, 0.25) is 5.91 Å². The van der Waals surface area contributed by atoms with Crippen LogP contribution >= 0.6 is 0 Å². The van der Waals surface area contributed by atoms with E-state index in [9.17, 15) is 9.18 Å². The zero-order chi connectivity index (χ0) is 14.1. The molecule has 0 bridgehead atoms. The maximum absolute atomic E-state index is 13.9. The number of carbonyl (C=O) groups excluding carboxylic acids is 1. The summed E-state index contributed by atoms with van der Waals surface area (Å²) in [7, 11) is 1.71. The number of carbonyl (C=O) groups is 1. The van der Waals surface area contributed by atoms with Crippen molar-refractivity contribution in [3.63, 3.8) is 0 Å². The van der Waals surface area contributed by atoms with Crippen LogP contribution in [0.2, 0.25) is 0 Å². The van der Waals surface area contributed by atoms with Crippen LogP contribution in [-0.2, 0) is 4.79 Å². The number of nitrogens with zero attached hydrogens (tertiary/aromatic N) is 1. The van der Waals surface area contributed by atoms with Crippen LogP contribution < -0.4 is 5.32 Å². The van der Waals surface area contributed by atoms with Gasteiger partial charge in [0, 0.05) is 31.6 Å². The molecule has 2 saturated heterocycles. The third-order valence-corrected chi connectivity index (χ3v) is 5.88. The molecule has 1 spiro atoms. The SMILES string of the molecule is CNC(=O)C1CC12CN1CC(F)CC1(C(C)(C)C)C2. The highest BCUT2D eigenvalue weighted by molar-refractivity contribution is 5.82. The van der Waals surface area contributed by atoms with E-state index in [2.05, 4.69) is 31.0 Å². The zero-order valence-electron chi connectivity index (χ0n) is 12.4. The fourth-order valence-corrected chi connectivity index (χ4v) is 4.70. The van der Waals surface area contributed by atoms with Gasteiger partial charge < -0.3 is 5.32 Å². The van der Waals surface area contributed by atoms with Crippen molar-refractivity contribution >= 4 is 5.91 Å². The van der Waals surface area contributed by atoms with E-state index < -0.39 is 6.17 Å². The highest BCUT2D eigenvalue weighted by Gasteiger charge is 2.70. The molecule has 2 aliphatic heterocycles. The molecule has 1 saturated carbocycles. The summed E-state index contributed by atoms with van der Waals surface area (Å²) >= 11 is 0. The van der Waals surface area contributed by atoms with Crippen LogP contribution in [0.15, 0.2) is 0 Å². The number of hydrogen-bond acceptors (Lipinski definition) is 2. The van der Waals surface area contributed by atoms with E-state index in [0.29, 0.717) is 13.0 Å². The van der Waals surface area contributed by atoms with Crippen molar-refractivity contribution in [2.75, 3.05) is 20.1 Å². The Morgan fingerprint density at radius 2 is 2.05 bits per heavy atom. The molecule has 4 heteroatoms. The topological polar surface area (TPSA) is 32.3 Å². The van der Waals surface area contributed by atoms with Gasteiger partial charge in [0.15, 0.2) is 0 Å². The van der Waals surface area contributed by atoms with Crippen LogP contribution in [0.5, 0.6) is 0 Å². The van der Waals surface area contributed by atoms with Crippen LogP contribution in [0.1, 0.15) is 40.0 Å². The Morgan fingerprint density at radius 1 is 1.37 bits per heavy atom. The van der Waals surface area contributed by atoms with Gasteiger partial charge in [0.05, 0.1) is 0 Å². The van der Waals surface area contributed by atoms with Crippen molar-refractivity contribution in [1.29, 1.82) is 0 Å². The minimum atomic E-state index is -0.700. The van der Waals surface area contributed by atoms with Gasteiger partial charge in [0.1, 0.15) is 6.17 Å². The third kappa shape index (κ3) is 1.68. The highest BCUT2D eigenvalue weighted by atomic mass is 19.1. The molecule has 0 aromatic carbocycles. The van der Waals surface area contributed by atoms with Crippen molar-refractivity contribution in [3.05, 3.63) is 0 Å². The molecule has 4 atom stereocenters. The molecule has 108 valence electrons. The number of halogens is 1. The average molecular weight is 268 g/mol. The Hall–Kier alpha value is -0.640. The predicted octanol–water partition coefficient (Wildman–Crippen LogP) is 1.97. The van der Waals surface area contributed by atoms with Gasteiger partial charge in [0.25, 0.3) is 0 Å². The number of rotatable bonds is 1. The van der Waals surface area contributed by atoms with E-state index in [1.165, 1.54) is 0 Å². The summed E-state index contributed by atoms with van der Waals surface area (Å²) in [6.45, 7) is 8.11. The summed E-state index contributed by atoms with van der Waals surface area (Å²) in [4.78, 5) is 14.2. The van der Waals surface area contributed by atoms with Crippen molar-refractivity contribution in [2.45, 2.75) is 51.7 Å². The summed E-state index contributed by atoms with van der Waals surface area (Å²) in [6, 6.07) is 0. The van der Waals surface area contributed by atoms with E-state index in [4.69, 9.17) is 0 Å². The molecule has 19 heavy (non-hydrogen) atoms. The van der Waals surface area contributed by atoms with Crippen LogP contribution in [0.4, 0.5) is 4.39 Å². The third-order valence-electron chi connectivity index (χ3n) is 5.88. The first-order valence-corrected chi connectivity index (χ1v) is 7.35. The Bertz CT molecular complexity index is 419. The van der Waals surface area contributed by atoms with E-state index >= 15 is 0 Å². The Kier molecular flexibility index (Phi) is 2.61. The van der Waals surface area contributed by atoms with Gasteiger partial charge in [-0.15, -0.1) is 0 Å². The monoisotopic (exact) mass is 268 g/mol. The molecule has 3 fully saturated rings. The quantitative estimate of drug-likeness (QED) is 0.788. The van der Waals surface area contributed by atoms with Crippen LogP contribution in [-0.4, -0.2) is 42.7 Å². The van der Waals surface area contributed by atoms with Crippen molar-refractivity contribution in [2.24, 2.45) is 16.7 Å². The summed E-state index contributed by atoms with van der Waals surface area (Å²) in [5.41, 5.74) is 0.149. The standard InChI is InChI=1S/C15H25FN2O/c1-13(2,3)15-5-10(16)7-18(15)9-14(8-15)6-11(14)12(19)17-4/h10-11H,5-9H2,1-4H3,(H,17,19). The summed E-state index contributed by atoms with van der Waals surface area (Å²) in [6.07, 6.45) is 1.91. The fourth-order valence-electron chi connectivity index (χ4n) is 4.70. The van der Waals surface area contributed by atoms with E-state index in [0.717, 1.165) is 19.4 Å². The number of alkyl halides is 1. The minimum absolute atomic E-state index is 0.0464. The average Bonchev–Trinajstić information content (AvgIpc) is 2.74. The Balaban J connectivity index is 1.86. The molecule has 4 unspecified atom stereocenters. The van der Waals surface area contributed by atoms with Gasteiger partial charge in [-0.05, 0) is 30.1 Å². The Labute approximate surface area is 114 Å². The summed E-state index contributed by atoms with van der Waals surface area (Å²) in [5.74, 6) is 0.322. The fraction of sp³-hybridized carbons (Fsp3) is 0.933. The van der Waals surface area contributed by atoms with Crippen molar-refractivity contribution in [1.82, 2.24) is 10.2 Å². The first kappa shape index (κ1) is 13.3. The predicted molar refractivity (Wildman–Crippen MR) is 72.5 cm³/mol. The van der Waals surface area contributed by atoms with Crippen molar-refractivity contribution < 1.29 is 9.18 Å². The lowest BCUT2D eigenvalue weighted by Gasteiger charge is -2.44. The van der Waals surface area contributed by atoms with Crippen LogP contribution in [0.25, 0.3) is 0 Å². The molecule has 3 aliphatic rings. The second kappa shape index (κ2) is 3.72. The van der Waals surface area contributed by atoms with Crippen LogP contribution in [0.3, 0.4) is 0 Å². The van der Waals surface area contributed by atoms with E-state index in [1.54, 1.807) is 7.05 Å². The van der Waals surface area contributed by atoms with Crippen molar-refractivity contribution in [3.8, 4) is 0 Å². The minimum Gasteiger partial charge on any atom is -0.359 e. The maximum Gasteiger partial charge on any atom is 0.223 e. The molecule has 3 nitrogen and oxygen atoms in total. The molecule has 2 heterocycles. The lowest BCUT2D eigenvalue weighted by atomic mass is 9.69. The van der Waals surface area contributed by atoms with Gasteiger partial charge in [-0.25, -0.2) is 4.39 Å².